The molecule has 0 bridgehead atoms. The Morgan fingerprint density at radius 1 is 1.24 bits per heavy atom. The number of amides is 1. The first-order valence-corrected chi connectivity index (χ1v) is 7.96. The topological polar surface area (TPSA) is 54.7 Å². The van der Waals surface area contributed by atoms with Crippen LogP contribution in [-0.4, -0.2) is 37.6 Å². The van der Waals surface area contributed by atoms with Crippen molar-refractivity contribution >= 4 is 5.91 Å². The summed E-state index contributed by atoms with van der Waals surface area (Å²) in [5.41, 5.74) is 0.932. The summed E-state index contributed by atoms with van der Waals surface area (Å²) in [5, 5.41) is 2.84. The third kappa shape index (κ3) is 6.93. The van der Waals surface area contributed by atoms with Gasteiger partial charge in [-0.2, -0.15) is 8.78 Å². The number of hydrogen-bond acceptors (Lipinski definition) is 4. The molecule has 0 aliphatic heterocycles. The van der Waals surface area contributed by atoms with Gasteiger partial charge in [0.2, 0.25) is 5.91 Å². The second kappa shape index (κ2) is 9.17. The van der Waals surface area contributed by atoms with Crippen LogP contribution in [0.25, 0.3) is 0 Å². The summed E-state index contributed by atoms with van der Waals surface area (Å²) in [6.07, 6.45) is 0.613. The Morgan fingerprint density at radius 3 is 2.56 bits per heavy atom. The number of benzene rings is 1. The normalized spacial score (nSPS) is 11.1. The van der Waals surface area contributed by atoms with Gasteiger partial charge >= 0.3 is 6.61 Å². The number of likely N-dealkylation sites (N-methyl/N-ethyl adjacent to an activating group) is 1. The van der Waals surface area contributed by atoms with Gasteiger partial charge in [0.25, 0.3) is 0 Å². The Hall–Kier alpha value is -2.41. The Kier molecular flexibility index (Phi) is 6.94. The van der Waals surface area contributed by atoms with E-state index in [1.54, 1.807) is 12.1 Å². The summed E-state index contributed by atoms with van der Waals surface area (Å²) in [6, 6.07) is 10.2. The molecule has 5 nitrogen and oxygen atoms in total. The highest BCUT2D eigenvalue weighted by atomic mass is 19.3. The van der Waals surface area contributed by atoms with Crippen LogP contribution in [0, 0.1) is 6.92 Å². The summed E-state index contributed by atoms with van der Waals surface area (Å²) < 4.78 is 33.9. The zero-order chi connectivity index (χ0) is 18.2. The van der Waals surface area contributed by atoms with E-state index in [4.69, 9.17) is 4.42 Å². The van der Waals surface area contributed by atoms with Crippen LogP contribution < -0.4 is 10.1 Å². The molecule has 0 radical (unpaired) electrons. The van der Waals surface area contributed by atoms with E-state index in [0.29, 0.717) is 19.5 Å². The lowest BCUT2D eigenvalue weighted by molar-refractivity contribution is -0.122. The highest BCUT2D eigenvalue weighted by molar-refractivity contribution is 5.77. The van der Waals surface area contributed by atoms with E-state index >= 15 is 0 Å². The van der Waals surface area contributed by atoms with Crippen LogP contribution in [0.5, 0.6) is 5.75 Å². The van der Waals surface area contributed by atoms with Crippen molar-refractivity contribution in [2.75, 3.05) is 20.1 Å². The zero-order valence-corrected chi connectivity index (χ0v) is 14.3. The number of ether oxygens (including phenoxy) is 1. The molecule has 0 spiro atoms. The molecule has 2 aromatic rings. The molecule has 136 valence electrons. The maximum atomic E-state index is 12.1. The molecule has 1 N–H and O–H groups in total. The average Bonchev–Trinajstić information content (AvgIpc) is 2.93. The fraction of sp³-hybridized carbons (Fsp3) is 0.389. The van der Waals surface area contributed by atoms with E-state index in [0.717, 1.165) is 17.1 Å². The number of hydrogen-bond donors (Lipinski definition) is 1. The molecule has 1 aromatic carbocycles. The highest BCUT2D eigenvalue weighted by Gasteiger charge is 2.09. The number of rotatable bonds is 9. The first-order valence-electron chi connectivity index (χ1n) is 7.96. The van der Waals surface area contributed by atoms with Gasteiger partial charge in [0.1, 0.15) is 17.3 Å². The van der Waals surface area contributed by atoms with Crippen molar-refractivity contribution in [2.24, 2.45) is 0 Å². The van der Waals surface area contributed by atoms with Crippen molar-refractivity contribution in [2.45, 2.75) is 26.5 Å². The van der Waals surface area contributed by atoms with Crippen LogP contribution in [0.4, 0.5) is 8.78 Å². The summed E-state index contributed by atoms with van der Waals surface area (Å²) in [7, 11) is 1.85. The number of carbonyl (C=O) groups excluding carboxylic acids is 1. The number of nitrogens with one attached hydrogen (secondary N) is 1. The minimum atomic E-state index is -2.83. The number of aryl methyl sites for hydroxylation is 1. The van der Waals surface area contributed by atoms with Crippen molar-refractivity contribution in [3.63, 3.8) is 0 Å². The summed E-state index contributed by atoms with van der Waals surface area (Å²) in [4.78, 5) is 13.8. The molecular formula is C18H22F2N2O3. The van der Waals surface area contributed by atoms with E-state index in [1.807, 2.05) is 31.0 Å². The van der Waals surface area contributed by atoms with Crippen LogP contribution in [0.2, 0.25) is 0 Å². The predicted octanol–water partition coefficient (Wildman–Crippen LogP) is 2.98. The monoisotopic (exact) mass is 352 g/mol. The van der Waals surface area contributed by atoms with Crippen LogP contribution in [0.3, 0.4) is 0 Å². The van der Waals surface area contributed by atoms with Gasteiger partial charge in [0, 0.05) is 6.54 Å². The lowest BCUT2D eigenvalue weighted by atomic mass is 10.1. The first-order chi connectivity index (χ1) is 11.9. The Labute approximate surface area is 145 Å². The molecule has 1 amide bonds. The van der Waals surface area contributed by atoms with E-state index < -0.39 is 6.61 Å². The Balaban J connectivity index is 1.67. The number of halogens is 2. The summed E-state index contributed by atoms with van der Waals surface area (Å²) in [5.74, 6) is 1.71. The first kappa shape index (κ1) is 18.9. The molecule has 1 heterocycles. The van der Waals surface area contributed by atoms with Crippen molar-refractivity contribution in [3.05, 3.63) is 53.5 Å². The van der Waals surface area contributed by atoms with Crippen LogP contribution in [-0.2, 0) is 17.8 Å². The predicted molar refractivity (Wildman–Crippen MR) is 89.6 cm³/mol. The molecule has 0 saturated carbocycles. The second-order valence-electron chi connectivity index (χ2n) is 5.81. The molecule has 0 aliphatic carbocycles. The van der Waals surface area contributed by atoms with Crippen molar-refractivity contribution in [1.82, 2.24) is 10.2 Å². The van der Waals surface area contributed by atoms with Gasteiger partial charge in [-0.15, -0.1) is 0 Å². The number of alkyl halides is 2. The fourth-order valence-electron chi connectivity index (χ4n) is 2.38. The summed E-state index contributed by atoms with van der Waals surface area (Å²) in [6.45, 7) is 0.352. The van der Waals surface area contributed by atoms with E-state index in [-0.39, 0.29) is 18.2 Å². The van der Waals surface area contributed by atoms with Gasteiger partial charge < -0.3 is 14.5 Å². The molecule has 0 unspecified atom stereocenters. The van der Waals surface area contributed by atoms with Gasteiger partial charge in [-0.1, -0.05) is 12.1 Å². The molecule has 25 heavy (non-hydrogen) atoms. The molecule has 0 aliphatic rings. The van der Waals surface area contributed by atoms with Crippen LogP contribution in [0.15, 0.2) is 40.8 Å². The number of carbonyl (C=O) groups is 1. The zero-order valence-electron chi connectivity index (χ0n) is 14.3. The molecule has 0 saturated heterocycles. The van der Waals surface area contributed by atoms with Crippen molar-refractivity contribution in [1.29, 1.82) is 0 Å². The fourth-order valence-corrected chi connectivity index (χ4v) is 2.38. The van der Waals surface area contributed by atoms with Crippen LogP contribution >= 0.6 is 0 Å². The highest BCUT2D eigenvalue weighted by Crippen LogP contribution is 2.15. The number of nitrogens with zero attached hydrogens (tertiary/aromatic N) is 1. The summed E-state index contributed by atoms with van der Waals surface area (Å²) >= 11 is 0. The standard InChI is InChI=1S/C18H22F2N2O3/c1-13-3-6-16(24-13)11-22(2)12-17(23)21-10-9-14-4-7-15(8-5-14)25-18(19)20/h3-8,18H,9-12H2,1-2H3,(H,21,23). The average molecular weight is 352 g/mol. The molecule has 0 fully saturated rings. The van der Waals surface area contributed by atoms with Gasteiger partial charge in [-0.3, -0.25) is 9.69 Å². The number of furan rings is 1. The van der Waals surface area contributed by atoms with Gasteiger partial charge in [-0.05, 0) is 50.2 Å². The third-order valence-corrected chi connectivity index (χ3v) is 3.52. The quantitative estimate of drug-likeness (QED) is 0.754. The largest absolute Gasteiger partial charge is 0.465 e. The van der Waals surface area contributed by atoms with Gasteiger partial charge in [0.05, 0.1) is 13.1 Å². The molecular weight excluding hydrogens is 330 g/mol. The lowest BCUT2D eigenvalue weighted by Gasteiger charge is -2.15. The minimum absolute atomic E-state index is 0.0802. The van der Waals surface area contributed by atoms with Gasteiger partial charge in [0.15, 0.2) is 0 Å². The maximum Gasteiger partial charge on any atom is 0.387 e. The third-order valence-electron chi connectivity index (χ3n) is 3.52. The minimum Gasteiger partial charge on any atom is -0.465 e. The van der Waals surface area contributed by atoms with Gasteiger partial charge in [-0.25, -0.2) is 0 Å². The van der Waals surface area contributed by atoms with E-state index in [9.17, 15) is 13.6 Å². The van der Waals surface area contributed by atoms with Crippen LogP contribution in [0.1, 0.15) is 17.1 Å². The van der Waals surface area contributed by atoms with Crippen molar-refractivity contribution < 1.29 is 22.7 Å². The maximum absolute atomic E-state index is 12.1. The molecule has 7 heteroatoms. The lowest BCUT2D eigenvalue weighted by Crippen LogP contribution is -2.35. The molecule has 2 rings (SSSR count). The Morgan fingerprint density at radius 2 is 1.96 bits per heavy atom. The Bertz CT molecular complexity index is 671. The smallest absolute Gasteiger partial charge is 0.387 e. The molecule has 1 aromatic heterocycles. The van der Waals surface area contributed by atoms with Crippen molar-refractivity contribution in [3.8, 4) is 5.75 Å². The molecule has 0 atom stereocenters. The SMILES string of the molecule is Cc1ccc(CN(C)CC(=O)NCCc2ccc(OC(F)F)cc2)o1. The van der Waals surface area contributed by atoms with E-state index in [2.05, 4.69) is 10.1 Å². The second-order valence-corrected chi connectivity index (χ2v) is 5.81. The van der Waals surface area contributed by atoms with E-state index in [1.165, 1.54) is 12.1 Å².